The van der Waals surface area contributed by atoms with E-state index in [9.17, 15) is 14.9 Å². The molecule has 8 nitrogen and oxygen atoms in total. The molecule has 0 aliphatic rings. The Kier molecular flexibility index (Phi) is 5.42. The molecule has 1 atom stereocenters. The maximum absolute atomic E-state index is 11.9. The quantitative estimate of drug-likeness (QED) is 0.399. The molecule has 110 valence electrons. The highest BCUT2D eigenvalue weighted by atomic mass is 16.6. The van der Waals surface area contributed by atoms with Crippen molar-refractivity contribution in [1.29, 1.82) is 0 Å². The summed E-state index contributed by atoms with van der Waals surface area (Å²) >= 11 is 0. The average Bonchev–Trinajstić information content (AvgIpc) is 2.43. The number of nitrogen functional groups attached to an aromatic ring is 1. The zero-order chi connectivity index (χ0) is 15.3. The molecule has 0 aromatic heterocycles. The smallest absolute Gasteiger partial charge is 0.294 e. The van der Waals surface area contributed by atoms with E-state index in [0.717, 1.165) is 0 Å². The normalized spacial score (nSPS) is 12.1. The maximum Gasteiger partial charge on any atom is 0.294 e. The number of hydrogen-bond acceptors (Lipinski definition) is 6. The molecule has 20 heavy (non-hydrogen) atoms. The van der Waals surface area contributed by atoms with Crippen molar-refractivity contribution in [3.05, 3.63) is 33.9 Å². The lowest BCUT2D eigenvalue weighted by molar-refractivity contribution is -0.384. The lowest BCUT2D eigenvalue weighted by Crippen LogP contribution is -2.38. The van der Waals surface area contributed by atoms with E-state index in [0.29, 0.717) is 6.54 Å². The van der Waals surface area contributed by atoms with E-state index < -0.39 is 4.92 Å². The molecule has 1 unspecified atom stereocenters. The molecular formula is C12H19N5O3. The highest BCUT2D eigenvalue weighted by Crippen LogP contribution is 2.24. The van der Waals surface area contributed by atoms with Gasteiger partial charge < -0.3 is 15.6 Å². The van der Waals surface area contributed by atoms with Gasteiger partial charge in [0.05, 0.1) is 4.92 Å². The highest BCUT2D eigenvalue weighted by molar-refractivity contribution is 5.95. The minimum Gasteiger partial charge on any atom is -0.350 e. The fraction of sp³-hybridized carbons (Fsp3) is 0.417. The second-order valence-electron chi connectivity index (χ2n) is 4.66. The summed E-state index contributed by atoms with van der Waals surface area (Å²) in [5.41, 5.74) is 2.38. The summed E-state index contributed by atoms with van der Waals surface area (Å²) in [6, 6.07) is 4.25. The van der Waals surface area contributed by atoms with E-state index in [1.165, 1.54) is 18.2 Å². The maximum atomic E-state index is 11.9. The Hall–Kier alpha value is -2.19. The molecule has 1 aromatic carbocycles. The van der Waals surface area contributed by atoms with E-state index in [4.69, 9.17) is 5.84 Å². The van der Waals surface area contributed by atoms with Crippen LogP contribution in [-0.2, 0) is 0 Å². The van der Waals surface area contributed by atoms with Crippen molar-refractivity contribution in [2.75, 3.05) is 26.1 Å². The number of hydrogen-bond donors (Lipinski definition) is 3. The molecule has 0 spiro atoms. The largest absolute Gasteiger partial charge is 0.350 e. The number of nitrogens with zero attached hydrogens (tertiary/aromatic N) is 2. The van der Waals surface area contributed by atoms with E-state index in [2.05, 4.69) is 10.7 Å². The van der Waals surface area contributed by atoms with Crippen LogP contribution in [0.5, 0.6) is 0 Å². The predicted molar refractivity (Wildman–Crippen MR) is 76.4 cm³/mol. The second-order valence-corrected chi connectivity index (χ2v) is 4.66. The molecular weight excluding hydrogens is 262 g/mol. The van der Waals surface area contributed by atoms with E-state index in [1.807, 2.05) is 25.9 Å². The first kappa shape index (κ1) is 15.9. The molecule has 1 aromatic rings. The molecule has 4 N–H and O–H groups in total. The van der Waals surface area contributed by atoms with Crippen molar-refractivity contribution in [2.45, 2.75) is 13.0 Å². The summed E-state index contributed by atoms with van der Waals surface area (Å²) < 4.78 is 0. The van der Waals surface area contributed by atoms with Gasteiger partial charge in [0.15, 0.2) is 0 Å². The van der Waals surface area contributed by atoms with E-state index in [-0.39, 0.29) is 28.9 Å². The van der Waals surface area contributed by atoms with Crippen molar-refractivity contribution in [3.63, 3.8) is 0 Å². The van der Waals surface area contributed by atoms with Crippen LogP contribution in [0.3, 0.4) is 0 Å². The van der Waals surface area contributed by atoms with Crippen LogP contribution < -0.4 is 16.6 Å². The lowest BCUT2D eigenvalue weighted by atomic mass is 10.1. The summed E-state index contributed by atoms with van der Waals surface area (Å²) in [5, 5.41) is 13.6. The van der Waals surface area contributed by atoms with E-state index in [1.54, 1.807) is 0 Å². The number of nitro benzene ring substituents is 1. The molecule has 0 saturated carbocycles. The van der Waals surface area contributed by atoms with Crippen molar-refractivity contribution in [2.24, 2.45) is 5.84 Å². The fourth-order valence-electron chi connectivity index (χ4n) is 1.47. The number of nitrogens with two attached hydrogens (primary N) is 1. The number of anilines is 1. The third kappa shape index (κ3) is 3.90. The Balaban J connectivity index is 2.84. The van der Waals surface area contributed by atoms with Crippen LogP contribution in [0.1, 0.15) is 17.3 Å². The van der Waals surface area contributed by atoms with Crippen LogP contribution in [0, 0.1) is 10.1 Å². The Morgan fingerprint density at radius 2 is 2.15 bits per heavy atom. The van der Waals surface area contributed by atoms with Crippen LogP contribution in [-0.4, -0.2) is 42.4 Å². The van der Waals surface area contributed by atoms with Gasteiger partial charge in [-0.3, -0.25) is 20.8 Å². The van der Waals surface area contributed by atoms with Crippen LogP contribution in [0.25, 0.3) is 0 Å². The van der Waals surface area contributed by atoms with Gasteiger partial charge in [-0.1, -0.05) is 0 Å². The second kappa shape index (κ2) is 6.83. The van der Waals surface area contributed by atoms with Gasteiger partial charge in [0.2, 0.25) is 0 Å². The number of benzene rings is 1. The van der Waals surface area contributed by atoms with Crippen LogP contribution >= 0.6 is 0 Å². The van der Waals surface area contributed by atoms with E-state index >= 15 is 0 Å². The number of rotatable bonds is 6. The molecule has 0 fully saturated rings. The molecule has 0 heterocycles. The van der Waals surface area contributed by atoms with Crippen LogP contribution in [0.4, 0.5) is 11.4 Å². The standard InChI is InChI=1S/C12H19N5O3/c1-8(16(2)3)7-14-12(18)9-4-5-10(15-13)11(6-9)17(19)20/h4-6,8,15H,7,13H2,1-3H3,(H,14,18). The van der Waals surface area contributed by atoms with Crippen molar-refractivity contribution in [1.82, 2.24) is 10.2 Å². The first-order chi connectivity index (χ1) is 9.36. The molecule has 0 saturated heterocycles. The van der Waals surface area contributed by atoms with Crippen LogP contribution in [0.15, 0.2) is 18.2 Å². The third-order valence-electron chi connectivity index (χ3n) is 3.05. The number of nitrogens with one attached hydrogen (secondary N) is 2. The topological polar surface area (TPSA) is 114 Å². The minimum atomic E-state index is -0.589. The summed E-state index contributed by atoms with van der Waals surface area (Å²) in [4.78, 5) is 24.2. The lowest BCUT2D eigenvalue weighted by Gasteiger charge is -2.19. The summed E-state index contributed by atoms with van der Waals surface area (Å²) in [6.07, 6.45) is 0. The van der Waals surface area contributed by atoms with Gasteiger partial charge in [0.1, 0.15) is 5.69 Å². The van der Waals surface area contributed by atoms with Gasteiger partial charge in [-0.15, -0.1) is 0 Å². The van der Waals surface area contributed by atoms with Gasteiger partial charge in [0.25, 0.3) is 11.6 Å². The van der Waals surface area contributed by atoms with Gasteiger partial charge in [-0.25, -0.2) is 0 Å². The first-order valence-electron chi connectivity index (χ1n) is 6.06. The molecule has 1 rings (SSSR count). The number of hydrazine groups is 1. The summed E-state index contributed by atoms with van der Waals surface area (Å²) in [5.74, 6) is 4.83. The Morgan fingerprint density at radius 3 is 2.65 bits per heavy atom. The SMILES string of the molecule is CC(CNC(=O)c1ccc(NN)c([N+](=O)[O-])c1)N(C)C. The summed E-state index contributed by atoms with van der Waals surface area (Å²) in [7, 11) is 3.81. The summed E-state index contributed by atoms with van der Waals surface area (Å²) in [6.45, 7) is 2.42. The number of carbonyl (C=O) groups excluding carboxylic acids is 1. The molecule has 0 bridgehead atoms. The predicted octanol–water partition coefficient (Wildman–Crippen LogP) is 0.560. The third-order valence-corrected chi connectivity index (χ3v) is 3.05. The van der Waals surface area contributed by atoms with Crippen molar-refractivity contribution < 1.29 is 9.72 Å². The zero-order valence-electron chi connectivity index (χ0n) is 11.7. The van der Waals surface area contributed by atoms with Gasteiger partial charge in [-0.05, 0) is 33.2 Å². The minimum absolute atomic E-state index is 0.160. The average molecular weight is 281 g/mol. The first-order valence-corrected chi connectivity index (χ1v) is 6.06. The highest BCUT2D eigenvalue weighted by Gasteiger charge is 2.17. The molecule has 0 radical (unpaired) electrons. The number of amides is 1. The molecule has 0 aliphatic heterocycles. The van der Waals surface area contributed by atoms with Crippen LogP contribution in [0.2, 0.25) is 0 Å². The van der Waals surface area contributed by atoms with Gasteiger partial charge in [-0.2, -0.15) is 0 Å². The fourth-order valence-corrected chi connectivity index (χ4v) is 1.47. The molecule has 8 heteroatoms. The van der Waals surface area contributed by atoms with Gasteiger partial charge >= 0.3 is 0 Å². The Bertz CT molecular complexity index is 504. The molecule has 1 amide bonds. The van der Waals surface area contributed by atoms with Crippen molar-refractivity contribution >= 4 is 17.3 Å². The van der Waals surface area contributed by atoms with Crippen molar-refractivity contribution in [3.8, 4) is 0 Å². The Morgan fingerprint density at radius 1 is 1.50 bits per heavy atom. The number of likely N-dealkylation sites (N-methyl/N-ethyl adjacent to an activating group) is 1. The zero-order valence-corrected chi connectivity index (χ0v) is 11.7. The number of nitro groups is 1. The van der Waals surface area contributed by atoms with Gasteiger partial charge in [0, 0.05) is 24.2 Å². The monoisotopic (exact) mass is 281 g/mol. The Labute approximate surface area is 117 Å². The number of carbonyl (C=O) groups is 1. The molecule has 0 aliphatic carbocycles.